The maximum absolute atomic E-state index is 12.0. The first-order valence-corrected chi connectivity index (χ1v) is 6.66. The minimum absolute atomic E-state index is 0.0383. The summed E-state index contributed by atoms with van der Waals surface area (Å²) in [5, 5.41) is 3.48. The van der Waals surface area contributed by atoms with E-state index >= 15 is 0 Å². The lowest BCUT2D eigenvalue weighted by Crippen LogP contribution is -2.46. The van der Waals surface area contributed by atoms with E-state index in [1.54, 1.807) is 0 Å². The summed E-state index contributed by atoms with van der Waals surface area (Å²) in [5.41, 5.74) is -0.282. The summed E-state index contributed by atoms with van der Waals surface area (Å²) in [5.74, 6) is -0.0383. The Bertz CT molecular complexity index is 255. The van der Waals surface area contributed by atoms with Gasteiger partial charge in [0, 0.05) is 19.2 Å². The molecule has 0 radical (unpaired) electrons. The molecule has 0 aromatic rings. The summed E-state index contributed by atoms with van der Waals surface area (Å²) in [6.07, 6.45) is 6.49. The van der Waals surface area contributed by atoms with Crippen LogP contribution in [0.3, 0.4) is 0 Å². The van der Waals surface area contributed by atoms with Crippen LogP contribution in [0.4, 0.5) is 0 Å². The van der Waals surface area contributed by atoms with Crippen molar-refractivity contribution < 1.29 is 14.3 Å². The van der Waals surface area contributed by atoms with E-state index in [9.17, 15) is 4.79 Å². The monoisotopic (exact) mass is 241 g/mol. The molecule has 1 saturated heterocycles. The topological polar surface area (TPSA) is 47.6 Å². The Hall–Kier alpha value is -0.610. The number of ether oxygens (including phenoxy) is 2. The Morgan fingerprint density at radius 3 is 2.76 bits per heavy atom. The average Bonchev–Trinajstić information content (AvgIpc) is 2.89. The highest BCUT2D eigenvalue weighted by atomic mass is 16.5. The van der Waals surface area contributed by atoms with Crippen LogP contribution in [0.5, 0.6) is 0 Å². The molecule has 1 aliphatic heterocycles. The molecule has 2 aliphatic rings. The van der Waals surface area contributed by atoms with Gasteiger partial charge in [-0.1, -0.05) is 19.3 Å². The maximum atomic E-state index is 12.0. The fourth-order valence-corrected chi connectivity index (χ4v) is 2.93. The molecule has 1 heterocycles. The van der Waals surface area contributed by atoms with Crippen molar-refractivity contribution in [1.29, 1.82) is 0 Å². The zero-order chi connectivity index (χ0) is 12.1. The van der Waals surface area contributed by atoms with Crippen molar-refractivity contribution in [2.24, 2.45) is 5.41 Å². The van der Waals surface area contributed by atoms with Gasteiger partial charge in [-0.05, 0) is 19.3 Å². The summed E-state index contributed by atoms with van der Waals surface area (Å²) in [6.45, 7) is 2.36. The Morgan fingerprint density at radius 2 is 2.18 bits per heavy atom. The van der Waals surface area contributed by atoms with Crippen LogP contribution in [0.1, 0.15) is 38.5 Å². The molecule has 1 saturated carbocycles. The van der Waals surface area contributed by atoms with Crippen molar-refractivity contribution in [3.63, 3.8) is 0 Å². The van der Waals surface area contributed by atoms with Gasteiger partial charge in [-0.25, -0.2) is 0 Å². The summed E-state index contributed by atoms with van der Waals surface area (Å²) in [6, 6.07) is 0.415. The zero-order valence-corrected chi connectivity index (χ0v) is 10.7. The van der Waals surface area contributed by atoms with Gasteiger partial charge in [-0.2, -0.15) is 0 Å². The van der Waals surface area contributed by atoms with Crippen molar-refractivity contribution in [1.82, 2.24) is 5.32 Å². The van der Waals surface area contributed by atoms with E-state index in [4.69, 9.17) is 9.47 Å². The van der Waals surface area contributed by atoms with Gasteiger partial charge >= 0.3 is 5.97 Å². The van der Waals surface area contributed by atoms with E-state index in [0.29, 0.717) is 6.04 Å². The molecule has 4 nitrogen and oxygen atoms in total. The largest absolute Gasteiger partial charge is 0.469 e. The third kappa shape index (κ3) is 2.99. The van der Waals surface area contributed by atoms with Crippen LogP contribution in [0.25, 0.3) is 0 Å². The van der Waals surface area contributed by atoms with Crippen molar-refractivity contribution in [3.05, 3.63) is 0 Å². The van der Waals surface area contributed by atoms with Crippen molar-refractivity contribution in [3.8, 4) is 0 Å². The Labute approximate surface area is 103 Å². The minimum Gasteiger partial charge on any atom is -0.469 e. The highest BCUT2D eigenvalue weighted by molar-refractivity contribution is 5.77. The van der Waals surface area contributed by atoms with Gasteiger partial charge in [0.1, 0.15) is 0 Å². The number of hydrogen-bond donors (Lipinski definition) is 1. The van der Waals surface area contributed by atoms with Gasteiger partial charge in [-0.3, -0.25) is 4.79 Å². The number of hydrogen-bond acceptors (Lipinski definition) is 4. The summed E-state index contributed by atoms with van der Waals surface area (Å²) in [7, 11) is 1.50. The summed E-state index contributed by atoms with van der Waals surface area (Å²) in [4.78, 5) is 12.0. The van der Waals surface area contributed by atoms with Crippen LogP contribution in [-0.2, 0) is 14.3 Å². The summed E-state index contributed by atoms with van der Waals surface area (Å²) >= 11 is 0. The predicted octanol–water partition coefficient (Wildman–Crippen LogP) is 1.49. The zero-order valence-electron chi connectivity index (χ0n) is 10.7. The molecular formula is C13H23NO3. The first kappa shape index (κ1) is 12.8. The van der Waals surface area contributed by atoms with E-state index in [0.717, 1.165) is 51.9 Å². The molecule has 1 unspecified atom stereocenters. The number of carbonyl (C=O) groups excluding carboxylic acids is 1. The van der Waals surface area contributed by atoms with Crippen LogP contribution in [0.2, 0.25) is 0 Å². The highest BCUT2D eigenvalue weighted by Gasteiger charge is 2.40. The van der Waals surface area contributed by atoms with E-state index in [1.807, 2.05) is 0 Å². The molecular weight excluding hydrogens is 218 g/mol. The lowest BCUT2D eigenvalue weighted by atomic mass is 9.74. The van der Waals surface area contributed by atoms with Crippen LogP contribution >= 0.6 is 0 Å². The Kier molecular flexibility index (Phi) is 4.40. The van der Waals surface area contributed by atoms with Crippen molar-refractivity contribution in [2.75, 3.05) is 26.9 Å². The standard InChI is InChI=1S/C13H23NO3/c1-16-12(15)13(6-3-2-4-7-13)10-14-11-5-8-17-9-11/h11,14H,2-10H2,1H3. The van der Waals surface area contributed by atoms with E-state index in [1.165, 1.54) is 13.5 Å². The van der Waals surface area contributed by atoms with Gasteiger partial charge in [0.2, 0.25) is 0 Å². The minimum atomic E-state index is -0.282. The fraction of sp³-hybridized carbons (Fsp3) is 0.923. The fourth-order valence-electron chi connectivity index (χ4n) is 2.93. The van der Waals surface area contributed by atoms with Crippen molar-refractivity contribution >= 4 is 5.97 Å². The smallest absolute Gasteiger partial charge is 0.313 e. The molecule has 0 aromatic heterocycles. The average molecular weight is 241 g/mol. The third-order valence-electron chi connectivity index (χ3n) is 4.09. The van der Waals surface area contributed by atoms with E-state index in [-0.39, 0.29) is 11.4 Å². The molecule has 1 N–H and O–H groups in total. The van der Waals surface area contributed by atoms with Gasteiger partial charge in [0.05, 0.1) is 19.1 Å². The molecule has 2 fully saturated rings. The molecule has 0 aromatic carbocycles. The predicted molar refractivity (Wildman–Crippen MR) is 64.8 cm³/mol. The number of rotatable bonds is 4. The number of carbonyl (C=O) groups is 1. The maximum Gasteiger partial charge on any atom is 0.313 e. The number of nitrogens with one attached hydrogen (secondary N) is 1. The lowest BCUT2D eigenvalue weighted by molar-refractivity contribution is -0.154. The normalized spacial score (nSPS) is 27.9. The Morgan fingerprint density at radius 1 is 1.41 bits per heavy atom. The second-order valence-corrected chi connectivity index (χ2v) is 5.27. The number of esters is 1. The van der Waals surface area contributed by atoms with Crippen LogP contribution in [0, 0.1) is 5.41 Å². The van der Waals surface area contributed by atoms with Crippen LogP contribution < -0.4 is 5.32 Å². The van der Waals surface area contributed by atoms with Gasteiger partial charge in [0.15, 0.2) is 0 Å². The molecule has 1 aliphatic carbocycles. The quantitative estimate of drug-likeness (QED) is 0.758. The van der Waals surface area contributed by atoms with Gasteiger partial charge in [-0.15, -0.1) is 0 Å². The van der Waals surface area contributed by atoms with E-state index < -0.39 is 0 Å². The molecule has 0 bridgehead atoms. The summed E-state index contributed by atoms with van der Waals surface area (Å²) < 4.78 is 10.3. The highest BCUT2D eigenvalue weighted by Crippen LogP contribution is 2.37. The molecule has 0 spiro atoms. The first-order valence-electron chi connectivity index (χ1n) is 6.66. The third-order valence-corrected chi connectivity index (χ3v) is 4.09. The molecule has 98 valence electrons. The van der Waals surface area contributed by atoms with Gasteiger partial charge in [0.25, 0.3) is 0 Å². The molecule has 2 rings (SSSR count). The van der Waals surface area contributed by atoms with Crippen molar-refractivity contribution in [2.45, 2.75) is 44.6 Å². The first-order chi connectivity index (χ1) is 8.27. The van der Waals surface area contributed by atoms with Crippen LogP contribution in [0.15, 0.2) is 0 Å². The molecule has 0 amide bonds. The second kappa shape index (κ2) is 5.83. The van der Waals surface area contributed by atoms with E-state index in [2.05, 4.69) is 5.32 Å². The second-order valence-electron chi connectivity index (χ2n) is 5.27. The SMILES string of the molecule is COC(=O)C1(CNC2CCOC2)CCCCC1. The van der Waals surface area contributed by atoms with Gasteiger partial charge < -0.3 is 14.8 Å². The number of methoxy groups -OCH3 is 1. The Balaban J connectivity index is 1.92. The molecule has 1 atom stereocenters. The molecule has 17 heavy (non-hydrogen) atoms. The molecule has 4 heteroatoms. The van der Waals surface area contributed by atoms with Crippen LogP contribution in [-0.4, -0.2) is 38.9 Å². The lowest BCUT2D eigenvalue weighted by Gasteiger charge is -2.35.